The molecular formula is C30H44O2. The molecule has 32 heavy (non-hydrogen) atoms. The van der Waals surface area contributed by atoms with Gasteiger partial charge in [-0.05, 0) is 79.4 Å². The first-order valence-corrected chi connectivity index (χ1v) is 12.5. The number of methoxy groups -OCH3 is 1. The van der Waals surface area contributed by atoms with Gasteiger partial charge in [0.1, 0.15) is 0 Å². The number of allylic oxidation sites excluding steroid dienone is 3. The lowest BCUT2D eigenvalue weighted by molar-refractivity contribution is 0.0600. The topological polar surface area (TPSA) is 26.3 Å². The molecule has 1 aromatic carbocycles. The van der Waals surface area contributed by atoms with Gasteiger partial charge in [-0.2, -0.15) is 0 Å². The molecule has 2 nitrogen and oxygen atoms in total. The Bertz CT molecular complexity index is 884. The first-order chi connectivity index (χ1) is 14.9. The van der Waals surface area contributed by atoms with Crippen LogP contribution in [0.15, 0.2) is 41.5 Å². The molecule has 0 radical (unpaired) electrons. The second-order valence-electron chi connectivity index (χ2n) is 11.9. The van der Waals surface area contributed by atoms with E-state index in [1.807, 2.05) is 24.3 Å². The molecular weight excluding hydrogens is 392 g/mol. The standard InChI is InChI=1S/C30H44O2/c1-9-21(2)14-17-30(19-26-25(29(6,7)20-30)15-16-28(26,4)5)22(3)18-23-10-12-24(13-11-23)27(31)32-8/h10-13,18-19,21,25H,9,14-17,20H2,1-8H3. The average molecular weight is 437 g/mol. The Labute approximate surface area is 196 Å². The van der Waals surface area contributed by atoms with Crippen LogP contribution in [0, 0.1) is 28.1 Å². The average Bonchev–Trinajstić information content (AvgIpc) is 3.06. The summed E-state index contributed by atoms with van der Waals surface area (Å²) >= 11 is 0. The summed E-state index contributed by atoms with van der Waals surface area (Å²) in [6.45, 7) is 16.9. The fraction of sp³-hybridized carbons (Fsp3) is 0.633. The monoisotopic (exact) mass is 436 g/mol. The Hall–Kier alpha value is -1.83. The van der Waals surface area contributed by atoms with Crippen LogP contribution < -0.4 is 0 Å². The van der Waals surface area contributed by atoms with Gasteiger partial charge in [0.15, 0.2) is 0 Å². The van der Waals surface area contributed by atoms with E-state index in [1.54, 1.807) is 5.57 Å². The number of benzene rings is 1. The van der Waals surface area contributed by atoms with E-state index in [0.717, 1.165) is 11.5 Å². The molecule has 1 saturated carbocycles. The van der Waals surface area contributed by atoms with E-state index < -0.39 is 0 Å². The Morgan fingerprint density at radius 2 is 1.84 bits per heavy atom. The van der Waals surface area contributed by atoms with Gasteiger partial charge in [-0.3, -0.25) is 0 Å². The Kier molecular flexibility index (Phi) is 7.13. The van der Waals surface area contributed by atoms with Gasteiger partial charge in [-0.1, -0.05) is 83.4 Å². The van der Waals surface area contributed by atoms with Crippen molar-refractivity contribution in [3.8, 4) is 0 Å². The van der Waals surface area contributed by atoms with E-state index in [-0.39, 0.29) is 11.4 Å². The Morgan fingerprint density at radius 1 is 1.19 bits per heavy atom. The van der Waals surface area contributed by atoms with E-state index in [1.165, 1.54) is 51.2 Å². The molecule has 0 saturated heterocycles. The number of hydrogen-bond acceptors (Lipinski definition) is 2. The van der Waals surface area contributed by atoms with Crippen LogP contribution in [-0.2, 0) is 4.74 Å². The normalized spacial score (nSPS) is 27.4. The molecule has 3 atom stereocenters. The van der Waals surface area contributed by atoms with Gasteiger partial charge in [-0.25, -0.2) is 4.79 Å². The summed E-state index contributed by atoms with van der Waals surface area (Å²) < 4.78 is 4.85. The molecule has 0 N–H and O–H groups in total. The molecule has 176 valence electrons. The molecule has 0 aromatic heterocycles. The van der Waals surface area contributed by atoms with Crippen molar-refractivity contribution in [1.29, 1.82) is 0 Å². The van der Waals surface area contributed by atoms with Gasteiger partial charge in [0.25, 0.3) is 0 Å². The lowest BCUT2D eigenvalue weighted by Gasteiger charge is -2.49. The predicted molar refractivity (Wildman–Crippen MR) is 136 cm³/mol. The molecule has 0 spiro atoms. The number of carbonyl (C=O) groups excluding carboxylic acids is 1. The number of rotatable bonds is 7. The highest BCUT2D eigenvalue weighted by Gasteiger charge is 2.51. The first-order valence-electron chi connectivity index (χ1n) is 12.5. The largest absolute Gasteiger partial charge is 0.465 e. The molecule has 0 bridgehead atoms. The molecule has 0 amide bonds. The highest BCUT2D eigenvalue weighted by molar-refractivity contribution is 5.89. The van der Waals surface area contributed by atoms with Crippen molar-refractivity contribution in [2.75, 3.05) is 7.11 Å². The summed E-state index contributed by atoms with van der Waals surface area (Å²) in [4.78, 5) is 11.8. The summed E-state index contributed by atoms with van der Waals surface area (Å²) in [6.07, 6.45) is 12.6. The molecule has 1 fully saturated rings. The van der Waals surface area contributed by atoms with Crippen molar-refractivity contribution in [2.45, 2.75) is 87.0 Å². The quantitative estimate of drug-likeness (QED) is 0.316. The highest BCUT2D eigenvalue weighted by atomic mass is 16.5. The lowest BCUT2D eigenvalue weighted by atomic mass is 9.55. The van der Waals surface area contributed by atoms with Gasteiger partial charge in [0.05, 0.1) is 12.7 Å². The summed E-state index contributed by atoms with van der Waals surface area (Å²) in [7, 11) is 1.43. The van der Waals surface area contributed by atoms with E-state index in [4.69, 9.17) is 4.74 Å². The molecule has 2 aliphatic carbocycles. The minimum atomic E-state index is -0.282. The number of carbonyl (C=O) groups is 1. The van der Waals surface area contributed by atoms with Crippen LogP contribution in [0.25, 0.3) is 6.08 Å². The second kappa shape index (κ2) is 9.20. The third-order valence-corrected chi connectivity index (χ3v) is 8.64. The third-order valence-electron chi connectivity index (χ3n) is 8.64. The molecule has 0 heterocycles. The number of hydrogen-bond donors (Lipinski definition) is 0. The second-order valence-corrected chi connectivity index (χ2v) is 11.9. The van der Waals surface area contributed by atoms with Crippen molar-refractivity contribution < 1.29 is 9.53 Å². The lowest BCUT2D eigenvalue weighted by Crippen LogP contribution is -2.39. The van der Waals surface area contributed by atoms with Gasteiger partial charge < -0.3 is 4.74 Å². The van der Waals surface area contributed by atoms with Gasteiger partial charge in [0.2, 0.25) is 0 Å². The zero-order valence-corrected chi connectivity index (χ0v) is 21.7. The van der Waals surface area contributed by atoms with Crippen molar-refractivity contribution in [3.63, 3.8) is 0 Å². The minimum absolute atomic E-state index is 0.0986. The van der Waals surface area contributed by atoms with Crippen molar-refractivity contribution in [1.82, 2.24) is 0 Å². The van der Waals surface area contributed by atoms with Crippen LogP contribution in [-0.4, -0.2) is 13.1 Å². The maximum absolute atomic E-state index is 11.8. The first kappa shape index (κ1) is 24.8. The smallest absolute Gasteiger partial charge is 0.337 e. The Morgan fingerprint density at radius 3 is 2.44 bits per heavy atom. The maximum atomic E-state index is 11.8. The van der Waals surface area contributed by atoms with Crippen LogP contribution in [0.5, 0.6) is 0 Å². The van der Waals surface area contributed by atoms with Gasteiger partial charge >= 0.3 is 5.97 Å². The van der Waals surface area contributed by atoms with Crippen LogP contribution in [0.3, 0.4) is 0 Å². The van der Waals surface area contributed by atoms with E-state index in [0.29, 0.717) is 22.3 Å². The number of esters is 1. The van der Waals surface area contributed by atoms with Gasteiger partial charge in [0, 0.05) is 5.41 Å². The van der Waals surface area contributed by atoms with Crippen LogP contribution in [0.4, 0.5) is 0 Å². The molecule has 3 unspecified atom stereocenters. The molecule has 0 aliphatic heterocycles. The fourth-order valence-electron chi connectivity index (χ4n) is 6.22. The van der Waals surface area contributed by atoms with Crippen LogP contribution >= 0.6 is 0 Å². The third kappa shape index (κ3) is 4.90. The number of fused-ring (bicyclic) bond motifs is 1. The minimum Gasteiger partial charge on any atom is -0.465 e. The van der Waals surface area contributed by atoms with Gasteiger partial charge in [-0.15, -0.1) is 0 Å². The SMILES string of the molecule is CCC(C)CCC1(C(C)=Cc2ccc(C(=O)OC)cc2)C=C2C(CCC2(C)C)C(C)(C)C1. The van der Waals surface area contributed by atoms with Crippen molar-refractivity contribution in [3.05, 3.63) is 52.6 Å². The summed E-state index contributed by atoms with van der Waals surface area (Å²) in [5.74, 6) is 1.17. The van der Waals surface area contributed by atoms with Crippen molar-refractivity contribution >= 4 is 12.0 Å². The molecule has 2 aliphatic rings. The summed E-state index contributed by atoms with van der Waals surface area (Å²) in [6, 6.07) is 7.83. The summed E-state index contributed by atoms with van der Waals surface area (Å²) in [5.41, 5.74) is 5.61. The van der Waals surface area contributed by atoms with E-state index in [2.05, 4.69) is 60.6 Å². The Balaban J connectivity index is 2.04. The fourth-order valence-corrected chi connectivity index (χ4v) is 6.22. The summed E-state index contributed by atoms with van der Waals surface area (Å²) in [5, 5.41) is 0. The van der Waals surface area contributed by atoms with Crippen LogP contribution in [0.2, 0.25) is 0 Å². The molecule has 1 aromatic rings. The maximum Gasteiger partial charge on any atom is 0.337 e. The highest BCUT2D eigenvalue weighted by Crippen LogP contribution is 2.62. The van der Waals surface area contributed by atoms with Crippen molar-refractivity contribution in [2.24, 2.45) is 28.1 Å². The molecule has 3 rings (SSSR count). The predicted octanol–water partition coefficient (Wildman–Crippen LogP) is 8.48. The van der Waals surface area contributed by atoms with E-state index in [9.17, 15) is 4.79 Å². The number of ether oxygens (including phenoxy) is 1. The van der Waals surface area contributed by atoms with E-state index >= 15 is 0 Å². The van der Waals surface area contributed by atoms with Crippen LogP contribution in [0.1, 0.15) is 103 Å². The zero-order valence-electron chi connectivity index (χ0n) is 21.7. The zero-order chi connectivity index (χ0) is 23.7. The molecule has 2 heteroatoms.